The van der Waals surface area contributed by atoms with Crippen LogP contribution in [0.15, 0.2) is 24.3 Å². The van der Waals surface area contributed by atoms with E-state index in [4.69, 9.17) is 0 Å². The van der Waals surface area contributed by atoms with Crippen LogP contribution in [0.25, 0.3) is 0 Å². The minimum atomic E-state index is -2.83. The Balaban J connectivity index is 2.15. The number of benzene rings is 1. The molecule has 1 aromatic carbocycles. The summed E-state index contributed by atoms with van der Waals surface area (Å²) in [5, 5.41) is 5.53. The third kappa shape index (κ3) is 9.07. The molecule has 5 nitrogen and oxygen atoms in total. The summed E-state index contributed by atoms with van der Waals surface area (Å²) in [6.07, 6.45) is 2.65. The molecule has 2 N–H and O–H groups in total. The van der Waals surface area contributed by atoms with Gasteiger partial charge in [0.1, 0.15) is 5.75 Å². The van der Waals surface area contributed by atoms with E-state index in [2.05, 4.69) is 15.4 Å². The highest BCUT2D eigenvalue weighted by molar-refractivity contribution is 5.78. The van der Waals surface area contributed by atoms with Crippen LogP contribution >= 0.6 is 0 Å². The summed E-state index contributed by atoms with van der Waals surface area (Å²) in [6.45, 7) is 0.258. The predicted molar refractivity (Wildman–Crippen MR) is 86.9 cm³/mol. The summed E-state index contributed by atoms with van der Waals surface area (Å²) < 4.78 is 28.3. The van der Waals surface area contributed by atoms with Gasteiger partial charge in [0.15, 0.2) is 0 Å². The molecule has 0 radical (unpaired) electrons. The minimum absolute atomic E-state index is 0.0317. The Hall–Kier alpha value is -2.18. The number of ether oxygens (including phenoxy) is 1. The molecule has 7 heteroatoms. The molecule has 0 aromatic heterocycles. The fourth-order valence-electron chi connectivity index (χ4n) is 2.03. The highest BCUT2D eigenvalue weighted by Crippen LogP contribution is 2.14. The van der Waals surface area contributed by atoms with Gasteiger partial charge in [-0.05, 0) is 37.0 Å². The fourth-order valence-corrected chi connectivity index (χ4v) is 2.03. The van der Waals surface area contributed by atoms with Crippen molar-refractivity contribution >= 4 is 11.8 Å². The molecule has 1 aromatic rings. The number of carbonyl (C=O) groups is 2. The first-order chi connectivity index (χ1) is 11.5. The van der Waals surface area contributed by atoms with Crippen LogP contribution in [-0.2, 0) is 16.0 Å². The average Bonchev–Trinajstić information content (AvgIpc) is 2.54. The molecular weight excluding hydrogens is 318 g/mol. The number of carbonyl (C=O) groups excluding carboxylic acids is 2. The molecule has 0 fully saturated rings. The third-order valence-corrected chi connectivity index (χ3v) is 3.26. The van der Waals surface area contributed by atoms with E-state index in [9.17, 15) is 18.4 Å². The summed E-state index contributed by atoms with van der Waals surface area (Å²) in [5.74, 6) is -0.0224. The Labute approximate surface area is 140 Å². The maximum Gasteiger partial charge on any atom is 0.387 e. The Kier molecular flexibility index (Phi) is 9.41. The van der Waals surface area contributed by atoms with E-state index in [1.54, 1.807) is 12.1 Å². The quantitative estimate of drug-likeness (QED) is 0.650. The highest BCUT2D eigenvalue weighted by Gasteiger charge is 2.06. The van der Waals surface area contributed by atoms with Crippen LogP contribution in [0, 0.1) is 0 Å². The van der Waals surface area contributed by atoms with E-state index >= 15 is 0 Å². The second kappa shape index (κ2) is 11.4. The zero-order valence-electron chi connectivity index (χ0n) is 13.8. The number of rotatable bonds is 11. The molecule has 24 heavy (non-hydrogen) atoms. The summed E-state index contributed by atoms with van der Waals surface area (Å²) in [5.41, 5.74) is 0.913. The SMILES string of the molecule is CCCNC(=O)CCCC(=O)NCCc1ccc(OC(F)F)cc1. The van der Waals surface area contributed by atoms with Gasteiger partial charge in [-0.3, -0.25) is 9.59 Å². The smallest absolute Gasteiger partial charge is 0.387 e. The lowest BCUT2D eigenvalue weighted by atomic mass is 10.1. The molecule has 134 valence electrons. The summed E-state index contributed by atoms with van der Waals surface area (Å²) in [4.78, 5) is 23.0. The Morgan fingerprint density at radius 1 is 1.04 bits per heavy atom. The molecule has 0 aliphatic heterocycles. The molecule has 0 spiro atoms. The van der Waals surface area contributed by atoms with Crippen LogP contribution in [0.2, 0.25) is 0 Å². The van der Waals surface area contributed by atoms with E-state index < -0.39 is 6.61 Å². The lowest BCUT2D eigenvalue weighted by Gasteiger charge is -2.07. The molecule has 0 unspecified atom stereocenters. The molecule has 0 aliphatic rings. The molecule has 0 aliphatic carbocycles. The Morgan fingerprint density at radius 2 is 1.62 bits per heavy atom. The summed E-state index contributed by atoms with van der Waals surface area (Å²) >= 11 is 0. The maximum atomic E-state index is 12.0. The number of halogens is 2. The van der Waals surface area contributed by atoms with Crippen LogP contribution in [-0.4, -0.2) is 31.5 Å². The number of alkyl halides is 2. The third-order valence-electron chi connectivity index (χ3n) is 3.26. The van der Waals surface area contributed by atoms with Gasteiger partial charge in [0.2, 0.25) is 11.8 Å². The van der Waals surface area contributed by atoms with Gasteiger partial charge in [-0.15, -0.1) is 0 Å². The van der Waals surface area contributed by atoms with Gasteiger partial charge < -0.3 is 15.4 Å². The maximum absolute atomic E-state index is 12.0. The first-order valence-electron chi connectivity index (χ1n) is 8.08. The molecular formula is C17H24F2N2O3. The monoisotopic (exact) mass is 342 g/mol. The van der Waals surface area contributed by atoms with E-state index in [0.717, 1.165) is 12.0 Å². The molecule has 0 bridgehead atoms. The largest absolute Gasteiger partial charge is 0.435 e. The van der Waals surface area contributed by atoms with E-state index in [1.165, 1.54) is 12.1 Å². The molecule has 0 saturated heterocycles. The van der Waals surface area contributed by atoms with Gasteiger partial charge in [-0.1, -0.05) is 19.1 Å². The van der Waals surface area contributed by atoms with Crippen molar-refractivity contribution in [2.45, 2.75) is 45.6 Å². The number of hydrogen-bond donors (Lipinski definition) is 2. The Bertz CT molecular complexity index is 507. The van der Waals surface area contributed by atoms with Gasteiger partial charge in [0, 0.05) is 25.9 Å². The Morgan fingerprint density at radius 3 is 2.17 bits per heavy atom. The summed E-state index contributed by atoms with van der Waals surface area (Å²) in [7, 11) is 0. The minimum Gasteiger partial charge on any atom is -0.435 e. The zero-order valence-corrected chi connectivity index (χ0v) is 13.8. The van der Waals surface area contributed by atoms with Crippen molar-refractivity contribution in [2.24, 2.45) is 0 Å². The van der Waals surface area contributed by atoms with Gasteiger partial charge >= 0.3 is 6.61 Å². The van der Waals surface area contributed by atoms with Crippen LogP contribution < -0.4 is 15.4 Å². The van der Waals surface area contributed by atoms with Crippen molar-refractivity contribution in [2.75, 3.05) is 13.1 Å². The molecule has 0 heterocycles. The number of amides is 2. The van der Waals surface area contributed by atoms with Gasteiger partial charge in [0.25, 0.3) is 0 Å². The van der Waals surface area contributed by atoms with Gasteiger partial charge in [-0.2, -0.15) is 8.78 Å². The molecule has 0 atom stereocenters. The fraction of sp³-hybridized carbons (Fsp3) is 0.529. The van der Waals surface area contributed by atoms with Crippen molar-refractivity contribution in [3.05, 3.63) is 29.8 Å². The normalized spacial score (nSPS) is 10.5. The zero-order chi connectivity index (χ0) is 17.8. The number of nitrogens with one attached hydrogen (secondary N) is 2. The molecule has 0 saturated carbocycles. The standard InChI is InChI=1S/C17H24F2N2O3/c1-2-11-20-15(22)4-3-5-16(23)21-12-10-13-6-8-14(9-7-13)24-17(18)19/h6-9,17H,2-5,10-12H2,1H3,(H,20,22)(H,21,23). The van der Waals surface area contributed by atoms with Crippen molar-refractivity contribution in [3.63, 3.8) is 0 Å². The van der Waals surface area contributed by atoms with E-state index in [-0.39, 0.29) is 17.6 Å². The van der Waals surface area contributed by atoms with Crippen molar-refractivity contribution in [1.82, 2.24) is 10.6 Å². The second-order valence-electron chi connectivity index (χ2n) is 5.33. The molecule has 2 amide bonds. The summed E-state index contributed by atoms with van der Waals surface area (Å²) in [6, 6.07) is 6.31. The highest BCUT2D eigenvalue weighted by atomic mass is 19.3. The molecule has 1 rings (SSSR count). The van der Waals surface area contributed by atoms with Crippen LogP contribution in [0.4, 0.5) is 8.78 Å². The van der Waals surface area contributed by atoms with Crippen LogP contribution in [0.1, 0.15) is 38.2 Å². The lowest BCUT2D eigenvalue weighted by molar-refractivity contribution is -0.122. The van der Waals surface area contributed by atoms with E-state index in [1.807, 2.05) is 6.92 Å². The first-order valence-corrected chi connectivity index (χ1v) is 8.08. The lowest BCUT2D eigenvalue weighted by Crippen LogP contribution is -2.27. The van der Waals surface area contributed by atoms with Gasteiger partial charge in [0.05, 0.1) is 0 Å². The van der Waals surface area contributed by atoms with E-state index in [0.29, 0.717) is 38.8 Å². The predicted octanol–water partition coefficient (Wildman–Crippen LogP) is 2.64. The second-order valence-corrected chi connectivity index (χ2v) is 5.33. The first kappa shape index (κ1) is 19.9. The van der Waals surface area contributed by atoms with Crippen molar-refractivity contribution < 1.29 is 23.1 Å². The van der Waals surface area contributed by atoms with Crippen molar-refractivity contribution in [3.8, 4) is 5.75 Å². The average molecular weight is 342 g/mol. The number of hydrogen-bond acceptors (Lipinski definition) is 3. The van der Waals surface area contributed by atoms with Crippen LogP contribution in [0.5, 0.6) is 5.75 Å². The van der Waals surface area contributed by atoms with Gasteiger partial charge in [-0.25, -0.2) is 0 Å². The van der Waals surface area contributed by atoms with Crippen LogP contribution in [0.3, 0.4) is 0 Å². The topological polar surface area (TPSA) is 67.4 Å². The van der Waals surface area contributed by atoms with Crippen molar-refractivity contribution in [1.29, 1.82) is 0 Å².